The summed E-state index contributed by atoms with van der Waals surface area (Å²) in [5.41, 5.74) is 1.18. The van der Waals surface area contributed by atoms with Crippen LogP contribution in [0.25, 0.3) is 0 Å². The van der Waals surface area contributed by atoms with Crippen LogP contribution in [0.2, 0.25) is 0 Å². The smallest absolute Gasteiger partial charge is 0.0373 e. The molecule has 0 unspecified atom stereocenters. The summed E-state index contributed by atoms with van der Waals surface area (Å²) in [7, 11) is 0. The molecule has 1 fully saturated rings. The summed E-state index contributed by atoms with van der Waals surface area (Å²) in [6, 6.07) is 4.66. The zero-order valence-electron chi connectivity index (χ0n) is 8.48. The van der Waals surface area contributed by atoms with Crippen molar-refractivity contribution in [3.8, 4) is 0 Å². The second-order valence-corrected chi connectivity index (χ2v) is 3.40. The summed E-state index contributed by atoms with van der Waals surface area (Å²) in [5.74, 6) is 0. The molecule has 2 rings (SSSR count). The predicted octanol–water partition coefficient (Wildman–Crippen LogP) is 2.09. The van der Waals surface area contributed by atoms with Gasteiger partial charge >= 0.3 is 0 Å². The Morgan fingerprint density at radius 1 is 1.13 bits per heavy atom. The average Bonchev–Trinajstić information content (AvgIpc) is 2.21. The Balaban J connectivity index is 0.000000980. The van der Waals surface area contributed by atoms with Crippen LogP contribution in [0.1, 0.15) is 12.8 Å². The van der Waals surface area contributed by atoms with Gasteiger partial charge in [-0.15, -0.1) is 24.8 Å². The molecule has 0 spiro atoms. The van der Waals surface area contributed by atoms with Gasteiger partial charge in [-0.1, -0.05) is 0 Å². The largest absolute Gasteiger partial charge is 0.382 e. The predicted molar refractivity (Wildman–Crippen MR) is 68.2 cm³/mol. The van der Waals surface area contributed by atoms with Crippen molar-refractivity contribution >= 4 is 30.5 Å². The second-order valence-electron chi connectivity index (χ2n) is 3.40. The van der Waals surface area contributed by atoms with E-state index in [2.05, 4.69) is 15.6 Å². The summed E-state index contributed by atoms with van der Waals surface area (Å²) in [6.07, 6.45) is 6.07. The first-order valence-electron chi connectivity index (χ1n) is 4.82. The highest BCUT2D eigenvalue weighted by atomic mass is 35.5. The summed E-state index contributed by atoms with van der Waals surface area (Å²) in [5, 5.41) is 6.85. The van der Waals surface area contributed by atoms with Gasteiger partial charge in [-0.2, -0.15) is 0 Å². The molecule has 1 saturated heterocycles. The maximum absolute atomic E-state index is 3.99. The molecule has 0 aliphatic carbocycles. The van der Waals surface area contributed by atoms with Crippen molar-refractivity contribution in [1.82, 2.24) is 10.3 Å². The first kappa shape index (κ1) is 14.5. The number of piperidine rings is 1. The molecule has 3 nitrogen and oxygen atoms in total. The second kappa shape index (κ2) is 7.74. The van der Waals surface area contributed by atoms with Crippen LogP contribution in [0.15, 0.2) is 24.5 Å². The molecule has 0 aromatic carbocycles. The van der Waals surface area contributed by atoms with Gasteiger partial charge in [0.25, 0.3) is 0 Å². The molecule has 1 aliphatic heterocycles. The van der Waals surface area contributed by atoms with Crippen LogP contribution in [0, 0.1) is 0 Å². The third-order valence-electron chi connectivity index (χ3n) is 2.39. The van der Waals surface area contributed by atoms with E-state index in [0.717, 1.165) is 13.1 Å². The van der Waals surface area contributed by atoms with Crippen LogP contribution >= 0.6 is 24.8 Å². The van der Waals surface area contributed by atoms with Crippen LogP contribution in [0.3, 0.4) is 0 Å². The first-order chi connectivity index (χ1) is 6.45. The highest BCUT2D eigenvalue weighted by molar-refractivity contribution is 5.85. The number of halogens is 2. The molecule has 15 heavy (non-hydrogen) atoms. The molecular formula is C10H17Cl2N3. The third-order valence-corrected chi connectivity index (χ3v) is 2.39. The lowest BCUT2D eigenvalue weighted by atomic mass is 10.1. The van der Waals surface area contributed by atoms with Crippen molar-refractivity contribution in [2.75, 3.05) is 18.4 Å². The minimum atomic E-state index is 0. The number of anilines is 1. The first-order valence-corrected chi connectivity index (χ1v) is 4.82. The van der Waals surface area contributed by atoms with E-state index in [-0.39, 0.29) is 24.8 Å². The molecule has 2 N–H and O–H groups in total. The molecule has 5 heteroatoms. The normalized spacial score (nSPS) is 16.0. The Labute approximate surface area is 103 Å². The summed E-state index contributed by atoms with van der Waals surface area (Å²) < 4.78 is 0. The topological polar surface area (TPSA) is 37.0 Å². The molecule has 0 saturated carbocycles. The van der Waals surface area contributed by atoms with Crippen LogP contribution in [-0.2, 0) is 0 Å². The molecule has 86 valence electrons. The van der Waals surface area contributed by atoms with Gasteiger partial charge in [-0.25, -0.2) is 0 Å². The number of nitrogens with one attached hydrogen (secondary N) is 2. The average molecular weight is 250 g/mol. The highest BCUT2D eigenvalue weighted by Crippen LogP contribution is 2.11. The monoisotopic (exact) mass is 249 g/mol. The molecule has 2 heterocycles. The fourth-order valence-electron chi connectivity index (χ4n) is 1.65. The molecule has 0 radical (unpaired) electrons. The number of hydrogen-bond donors (Lipinski definition) is 2. The van der Waals surface area contributed by atoms with Gasteiger partial charge in [0.15, 0.2) is 0 Å². The van der Waals surface area contributed by atoms with Crippen molar-refractivity contribution in [2.45, 2.75) is 18.9 Å². The van der Waals surface area contributed by atoms with E-state index in [9.17, 15) is 0 Å². The van der Waals surface area contributed by atoms with Crippen LogP contribution in [0.4, 0.5) is 5.69 Å². The van der Waals surface area contributed by atoms with Gasteiger partial charge in [-0.3, -0.25) is 4.98 Å². The molecule has 1 aliphatic rings. The van der Waals surface area contributed by atoms with Crippen molar-refractivity contribution < 1.29 is 0 Å². The maximum Gasteiger partial charge on any atom is 0.0373 e. The minimum Gasteiger partial charge on any atom is -0.382 e. The van der Waals surface area contributed by atoms with Crippen molar-refractivity contribution in [3.63, 3.8) is 0 Å². The molecule has 1 aromatic rings. The van der Waals surface area contributed by atoms with Crippen molar-refractivity contribution in [3.05, 3.63) is 24.5 Å². The van der Waals surface area contributed by atoms with E-state index in [1.54, 1.807) is 0 Å². The molecule has 1 aromatic heterocycles. The number of pyridine rings is 1. The van der Waals surface area contributed by atoms with E-state index in [4.69, 9.17) is 0 Å². The number of hydrogen-bond acceptors (Lipinski definition) is 3. The summed E-state index contributed by atoms with van der Waals surface area (Å²) in [4.78, 5) is 3.99. The van der Waals surface area contributed by atoms with Gasteiger partial charge in [0.05, 0.1) is 0 Å². The molecule has 0 amide bonds. The SMILES string of the molecule is Cl.Cl.c1cc(NC2CCNCC2)ccn1. The Morgan fingerprint density at radius 3 is 2.33 bits per heavy atom. The van der Waals surface area contributed by atoms with E-state index >= 15 is 0 Å². The highest BCUT2D eigenvalue weighted by Gasteiger charge is 2.11. The van der Waals surface area contributed by atoms with Gasteiger partial charge < -0.3 is 10.6 Å². The van der Waals surface area contributed by atoms with E-state index in [0.29, 0.717) is 6.04 Å². The summed E-state index contributed by atoms with van der Waals surface area (Å²) in [6.45, 7) is 2.26. The van der Waals surface area contributed by atoms with E-state index in [1.807, 2.05) is 24.5 Å². The Morgan fingerprint density at radius 2 is 1.73 bits per heavy atom. The molecule has 0 bridgehead atoms. The van der Waals surface area contributed by atoms with Crippen LogP contribution < -0.4 is 10.6 Å². The fourth-order valence-corrected chi connectivity index (χ4v) is 1.65. The minimum absolute atomic E-state index is 0. The third kappa shape index (κ3) is 4.69. The Hall–Kier alpha value is -0.510. The lowest BCUT2D eigenvalue weighted by Gasteiger charge is -2.24. The van der Waals surface area contributed by atoms with Crippen molar-refractivity contribution in [2.24, 2.45) is 0 Å². The lowest BCUT2D eigenvalue weighted by molar-refractivity contribution is 0.479. The van der Waals surface area contributed by atoms with Gasteiger partial charge in [-0.05, 0) is 38.1 Å². The zero-order valence-corrected chi connectivity index (χ0v) is 10.1. The number of aromatic nitrogens is 1. The van der Waals surface area contributed by atoms with Gasteiger partial charge in [0.2, 0.25) is 0 Å². The van der Waals surface area contributed by atoms with E-state index < -0.39 is 0 Å². The van der Waals surface area contributed by atoms with Crippen LogP contribution in [0.5, 0.6) is 0 Å². The quantitative estimate of drug-likeness (QED) is 0.843. The fraction of sp³-hybridized carbons (Fsp3) is 0.500. The van der Waals surface area contributed by atoms with Gasteiger partial charge in [0.1, 0.15) is 0 Å². The van der Waals surface area contributed by atoms with E-state index in [1.165, 1.54) is 18.5 Å². The standard InChI is InChI=1S/C10H15N3.2ClH/c1-5-11-6-2-9(1)13-10-3-7-12-8-4-10;;/h1-2,5-6,10,12H,3-4,7-8H2,(H,11,13);2*1H. The Bertz CT molecular complexity index is 250. The summed E-state index contributed by atoms with van der Waals surface area (Å²) >= 11 is 0. The van der Waals surface area contributed by atoms with Gasteiger partial charge in [0, 0.05) is 24.1 Å². The zero-order chi connectivity index (χ0) is 8.93. The molecular weight excluding hydrogens is 233 g/mol. The number of nitrogens with zero attached hydrogens (tertiary/aromatic N) is 1. The maximum atomic E-state index is 3.99. The number of rotatable bonds is 2. The van der Waals surface area contributed by atoms with Crippen LogP contribution in [-0.4, -0.2) is 24.1 Å². The Kier molecular flexibility index (Phi) is 7.48. The van der Waals surface area contributed by atoms with Crippen molar-refractivity contribution in [1.29, 1.82) is 0 Å². The molecule has 0 atom stereocenters. The lowest BCUT2D eigenvalue weighted by Crippen LogP contribution is -2.35.